The summed E-state index contributed by atoms with van der Waals surface area (Å²) in [6.07, 6.45) is 1.57. The fraction of sp³-hybridized carbons (Fsp3) is 1.00. The van der Waals surface area contributed by atoms with Crippen LogP contribution in [0.3, 0.4) is 0 Å². The van der Waals surface area contributed by atoms with E-state index in [1.165, 1.54) is 6.42 Å². The van der Waals surface area contributed by atoms with Gasteiger partial charge in [0.25, 0.3) is 0 Å². The molecule has 0 bridgehead atoms. The minimum atomic E-state index is 0.354. The van der Waals surface area contributed by atoms with E-state index in [9.17, 15) is 0 Å². The lowest BCUT2D eigenvalue weighted by molar-refractivity contribution is -0.0425. The Balaban J connectivity index is 2.23. The fourth-order valence-corrected chi connectivity index (χ4v) is 2.85. The van der Waals surface area contributed by atoms with Crippen LogP contribution in [-0.2, 0) is 4.74 Å². The number of nitrogens with one attached hydrogen (secondary N) is 1. The zero-order chi connectivity index (χ0) is 15.0. The predicted molar refractivity (Wildman–Crippen MR) is 86.3 cm³/mol. The predicted octanol–water partition coefficient (Wildman–Crippen LogP) is 1.66. The summed E-state index contributed by atoms with van der Waals surface area (Å²) in [7, 11) is 2.20. The van der Waals surface area contributed by atoms with Crippen molar-refractivity contribution in [2.45, 2.75) is 40.2 Å². The molecule has 1 N–H and O–H groups in total. The van der Waals surface area contributed by atoms with Crippen molar-refractivity contribution in [1.82, 2.24) is 15.1 Å². The van der Waals surface area contributed by atoms with Gasteiger partial charge in [-0.25, -0.2) is 0 Å². The van der Waals surface area contributed by atoms with Crippen LogP contribution in [-0.4, -0.2) is 75.4 Å². The summed E-state index contributed by atoms with van der Waals surface area (Å²) in [5, 5.41) is 3.48. The molecule has 1 saturated heterocycles. The van der Waals surface area contributed by atoms with Gasteiger partial charge in [0.05, 0.1) is 12.7 Å². The van der Waals surface area contributed by atoms with E-state index >= 15 is 0 Å². The molecule has 4 nitrogen and oxygen atoms in total. The molecule has 0 unspecified atom stereocenters. The molecule has 120 valence electrons. The molecule has 4 heteroatoms. The third kappa shape index (κ3) is 8.20. The van der Waals surface area contributed by atoms with Crippen LogP contribution in [0.1, 0.15) is 34.1 Å². The van der Waals surface area contributed by atoms with E-state index in [1.807, 2.05) is 0 Å². The number of hydrogen-bond acceptors (Lipinski definition) is 4. The van der Waals surface area contributed by atoms with Gasteiger partial charge in [-0.05, 0) is 25.4 Å². The second-order valence-corrected chi connectivity index (χ2v) is 7.30. The van der Waals surface area contributed by atoms with E-state index in [0.717, 1.165) is 52.4 Å². The minimum absolute atomic E-state index is 0.354. The topological polar surface area (TPSA) is 27.7 Å². The summed E-state index contributed by atoms with van der Waals surface area (Å²) < 4.78 is 5.92. The van der Waals surface area contributed by atoms with Gasteiger partial charge in [0.1, 0.15) is 0 Å². The van der Waals surface area contributed by atoms with Crippen LogP contribution in [0.4, 0.5) is 0 Å². The second kappa shape index (κ2) is 8.98. The number of likely N-dealkylation sites (N-methyl/N-ethyl adjacent to an activating group) is 1. The molecular weight excluding hydrogens is 250 g/mol. The molecule has 1 heterocycles. The molecule has 0 amide bonds. The minimum Gasteiger partial charge on any atom is -0.374 e. The number of nitrogens with zero attached hydrogens (tertiary/aromatic N) is 2. The Morgan fingerprint density at radius 1 is 1.30 bits per heavy atom. The Bertz CT molecular complexity index is 253. The second-order valence-electron chi connectivity index (χ2n) is 7.30. The highest BCUT2D eigenvalue weighted by atomic mass is 16.5. The standard InChI is InChI=1S/C16H35N3O/c1-6-7-17-8-9-19-10-11-20-15(13-19)12-18(5)14-16(2,3)4/h15,17H,6-14H2,1-5H3/t15-/m1/s1. The first-order chi connectivity index (χ1) is 9.40. The van der Waals surface area contributed by atoms with Crippen molar-refractivity contribution in [2.24, 2.45) is 5.41 Å². The van der Waals surface area contributed by atoms with Crippen molar-refractivity contribution in [3.63, 3.8) is 0 Å². The van der Waals surface area contributed by atoms with E-state index in [0.29, 0.717) is 11.5 Å². The molecule has 0 aromatic heterocycles. The van der Waals surface area contributed by atoms with Crippen molar-refractivity contribution in [3.8, 4) is 0 Å². The van der Waals surface area contributed by atoms with Gasteiger partial charge in [0.15, 0.2) is 0 Å². The lowest BCUT2D eigenvalue weighted by Crippen LogP contribution is -2.49. The zero-order valence-corrected chi connectivity index (χ0v) is 14.2. The SMILES string of the molecule is CCCNCCN1CCO[C@H](CN(C)CC(C)(C)C)C1. The summed E-state index contributed by atoms with van der Waals surface area (Å²) in [6.45, 7) is 17.6. The fourth-order valence-electron chi connectivity index (χ4n) is 2.85. The van der Waals surface area contributed by atoms with Gasteiger partial charge < -0.3 is 15.0 Å². The molecule has 1 aliphatic heterocycles. The van der Waals surface area contributed by atoms with E-state index in [1.54, 1.807) is 0 Å². The lowest BCUT2D eigenvalue weighted by atomic mass is 9.96. The Labute approximate surface area is 125 Å². The van der Waals surface area contributed by atoms with Crippen molar-refractivity contribution >= 4 is 0 Å². The van der Waals surface area contributed by atoms with Crippen molar-refractivity contribution < 1.29 is 4.74 Å². The molecule has 1 fully saturated rings. The van der Waals surface area contributed by atoms with Crippen molar-refractivity contribution in [2.75, 3.05) is 59.5 Å². The molecule has 1 rings (SSSR count). The lowest BCUT2D eigenvalue weighted by Gasteiger charge is -2.36. The molecular formula is C16H35N3O. The highest BCUT2D eigenvalue weighted by Gasteiger charge is 2.23. The average molecular weight is 285 g/mol. The van der Waals surface area contributed by atoms with Crippen LogP contribution in [0.15, 0.2) is 0 Å². The van der Waals surface area contributed by atoms with Crippen LogP contribution >= 0.6 is 0 Å². The summed E-state index contributed by atoms with van der Waals surface area (Å²) in [5.74, 6) is 0. The van der Waals surface area contributed by atoms with E-state index in [2.05, 4.69) is 49.9 Å². The molecule has 0 saturated carbocycles. The molecule has 1 aliphatic rings. The number of ether oxygens (including phenoxy) is 1. The maximum Gasteiger partial charge on any atom is 0.0829 e. The number of hydrogen-bond donors (Lipinski definition) is 1. The maximum atomic E-state index is 5.92. The first kappa shape index (κ1) is 17.9. The van der Waals surface area contributed by atoms with Crippen LogP contribution in [0.2, 0.25) is 0 Å². The molecule has 0 aliphatic carbocycles. The Kier molecular flexibility index (Phi) is 8.03. The smallest absolute Gasteiger partial charge is 0.0829 e. The molecule has 0 spiro atoms. The third-order valence-corrected chi connectivity index (χ3v) is 3.51. The van der Waals surface area contributed by atoms with Gasteiger partial charge in [-0.15, -0.1) is 0 Å². The quantitative estimate of drug-likeness (QED) is 0.687. The maximum absolute atomic E-state index is 5.92. The largest absolute Gasteiger partial charge is 0.374 e. The van der Waals surface area contributed by atoms with Crippen LogP contribution < -0.4 is 5.32 Å². The summed E-state index contributed by atoms with van der Waals surface area (Å²) in [6, 6.07) is 0. The van der Waals surface area contributed by atoms with E-state index in [4.69, 9.17) is 4.74 Å². The average Bonchev–Trinajstić information content (AvgIpc) is 2.32. The molecule has 1 atom stereocenters. The molecule has 0 aromatic rings. The molecule has 20 heavy (non-hydrogen) atoms. The highest BCUT2D eigenvalue weighted by Crippen LogP contribution is 2.15. The van der Waals surface area contributed by atoms with Gasteiger partial charge >= 0.3 is 0 Å². The van der Waals surface area contributed by atoms with E-state index < -0.39 is 0 Å². The Hall–Kier alpha value is -0.160. The van der Waals surface area contributed by atoms with Gasteiger partial charge in [0.2, 0.25) is 0 Å². The van der Waals surface area contributed by atoms with Crippen LogP contribution in [0, 0.1) is 5.41 Å². The van der Waals surface area contributed by atoms with Gasteiger partial charge in [-0.3, -0.25) is 4.90 Å². The summed E-state index contributed by atoms with van der Waals surface area (Å²) in [4.78, 5) is 4.94. The molecule has 0 radical (unpaired) electrons. The Morgan fingerprint density at radius 3 is 2.70 bits per heavy atom. The van der Waals surface area contributed by atoms with Crippen LogP contribution in [0.5, 0.6) is 0 Å². The van der Waals surface area contributed by atoms with E-state index in [-0.39, 0.29) is 0 Å². The summed E-state index contributed by atoms with van der Waals surface area (Å²) >= 11 is 0. The van der Waals surface area contributed by atoms with Crippen LogP contribution in [0.25, 0.3) is 0 Å². The summed E-state index contributed by atoms with van der Waals surface area (Å²) in [5.41, 5.74) is 0.354. The molecule has 0 aromatic carbocycles. The third-order valence-electron chi connectivity index (χ3n) is 3.51. The van der Waals surface area contributed by atoms with Gasteiger partial charge in [-0.2, -0.15) is 0 Å². The number of morpholine rings is 1. The van der Waals surface area contributed by atoms with Gasteiger partial charge in [-0.1, -0.05) is 27.7 Å². The van der Waals surface area contributed by atoms with Crippen molar-refractivity contribution in [1.29, 1.82) is 0 Å². The number of rotatable bonds is 8. The monoisotopic (exact) mass is 285 g/mol. The Morgan fingerprint density at radius 2 is 2.05 bits per heavy atom. The zero-order valence-electron chi connectivity index (χ0n) is 14.2. The normalized spacial score (nSPS) is 21.6. The van der Waals surface area contributed by atoms with Crippen molar-refractivity contribution in [3.05, 3.63) is 0 Å². The first-order valence-electron chi connectivity index (χ1n) is 8.14. The van der Waals surface area contributed by atoms with Gasteiger partial charge in [0, 0.05) is 39.3 Å². The first-order valence-corrected chi connectivity index (χ1v) is 8.14. The highest BCUT2D eigenvalue weighted by molar-refractivity contribution is 4.76.